The Bertz CT molecular complexity index is 1470. The van der Waals surface area contributed by atoms with Crippen molar-refractivity contribution in [2.75, 3.05) is 13.7 Å². The molecule has 4 aromatic carbocycles. The van der Waals surface area contributed by atoms with E-state index in [4.69, 9.17) is 14.2 Å². The molecule has 0 fully saturated rings. The number of hydrogen-bond donors (Lipinski definition) is 1. The Morgan fingerprint density at radius 3 is 2.42 bits per heavy atom. The first-order valence-electron chi connectivity index (χ1n) is 12.2. The Morgan fingerprint density at radius 2 is 1.74 bits per heavy atom. The van der Waals surface area contributed by atoms with Gasteiger partial charge in [-0.05, 0) is 71.6 Å². The van der Waals surface area contributed by atoms with Gasteiger partial charge < -0.3 is 14.2 Å². The number of nitrogens with one attached hydrogen (secondary N) is 1. The minimum atomic E-state index is -0.366. The summed E-state index contributed by atoms with van der Waals surface area (Å²) < 4.78 is 18.6. The molecule has 0 spiro atoms. The van der Waals surface area contributed by atoms with Gasteiger partial charge >= 0.3 is 0 Å². The van der Waals surface area contributed by atoms with E-state index in [1.165, 1.54) is 0 Å². The molecule has 0 heterocycles. The van der Waals surface area contributed by atoms with Gasteiger partial charge in [0.15, 0.2) is 11.5 Å². The van der Waals surface area contributed by atoms with Gasteiger partial charge in [0.25, 0.3) is 5.91 Å². The van der Waals surface area contributed by atoms with E-state index in [0.29, 0.717) is 42.4 Å². The summed E-state index contributed by atoms with van der Waals surface area (Å²) in [7, 11) is 1.54. The number of nitrogens with zero attached hydrogens (tertiary/aromatic N) is 1. The molecule has 4 rings (SSSR count). The number of hydrazone groups is 1. The van der Waals surface area contributed by atoms with Crippen LogP contribution in [0.3, 0.4) is 0 Å². The molecule has 0 bridgehead atoms. The van der Waals surface area contributed by atoms with Crippen molar-refractivity contribution >= 4 is 38.8 Å². The Kier molecular flexibility index (Phi) is 9.16. The number of halogens is 1. The highest BCUT2D eigenvalue weighted by atomic mass is 79.9. The highest BCUT2D eigenvalue weighted by molar-refractivity contribution is 9.10. The summed E-state index contributed by atoms with van der Waals surface area (Å²) in [5.41, 5.74) is 5.72. The molecule has 0 atom stereocenters. The molecule has 7 heteroatoms. The highest BCUT2D eigenvalue weighted by Gasteiger charge is 2.15. The summed E-state index contributed by atoms with van der Waals surface area (Å²) in [6.45, 7) is 6.67. The van der Waals surface area contributed by atoms with Crippen LogP contribution in [0.4, 0.5) is 0 Å². The molecule has 0 aliphatic heterocycles. The summed E-state index contributed by atoms with van der Waals surface area (Å²) >= 11 is 3.46. The van der Waals surface area contributed by atoms with Crippen LogP contribution in [0, 0.1) is 0 Å². The topological polar surface area (TPSA) is 69.2 Å². The van der Waals surface area contributed by atoms with Crippen LogP contribution < -0.4 is 19.6 Å². The zero-order chi connectivity index (χ0) is 26.9. The van der Waals surface area contributed by atoms with Crippen molar-refractivity contribution in [2.45, 2.75) is 20.0 Å². The minimum absolute atomic E-state index is 0.366. The predicted molar refractivity (Wildman–Crippen MR) is 156 cm³/mol. The fourth-order valence-corrected chi connectivity index (χ4v) is 4.28. The number of carbonyl (C=O) groups excluding carboxylic acids is 1. The number of fused-ring (bicyclic) bond motifs is 1. The predicted octanol–water partition coefficient (Wildman–Crippen LogP) is 7.08. The first-order chi connectivity index (χ1) is 18.5. The number of hydrogen-bond acceptors (Lipinski definition) is 5. The van der Waals surface area contributed by atoms with E-state index in [9.17, 15) is 4.79 Å². The third-order valence-electron chi connectivity index (χ3n) is 5.81. The number of allylic oxidation sites excluding steroid dienone is 1. The van der Waals surface area contributed by atoms with Gasteiger partial charge in [0.2, 0.25) is 0 Å². The molecule has 0 unspecified atom stereocenters. The van der Waals surface area contributed by atoms with Crippen molar-refractivity contribution in [1.82, 2.24) is 5.43 Å². The van der Waals surface area contributed by atoms with E-state index in [1.807, 2.05) is 79.7 Å². The van der Waals surface area contributed by atoms with Crippen LogP contribution >= 0.6 is 15.9 Å². The Hall–Kier alpha value is -4.10. The Balaban J connectivity index is 1.55. The number of methoxy groups -OCH3 is 1. The molecule has 0 aromatic heterocycles. The fraction of sp³-hybridized carbons (Fsp3) is 0.161. The lowest BCUT2D eigenvalue weighted by Crippen LogP contribution is -2.18. The van der Waals surface area contributed by atoms with Gasteiger partial charge in [-0.15, -0.1) is 6.58 Å². The lowest BCUT2D eigenvalue weighted by atomic mass is 10.1. The van der Waals surface area contributed by atoms with Gasteiger partial charge in [0.1, 0.15) is 12.4 Å². The van der Waals surface area contributed by atoms with Crippen molar-refractivity contribution in [3.05, 3.63) is 112 Å². The standard InChI is InChI=1S/C31H29BrN2O4/c1-4-8-25-15-22(16-29(37-5-2)30(25)38-20-21-11-13-26(32)14-12-21)19-33-34-31(35)27-17-23-9-6-7-10-24(23)18-28(27)36-3/h4,6-7,9-19H,1,5,8,20H2,2-3H3,(H,34,35)/b33-19-. The first kappa shape index (κ1) is 26.9. The van der Waals surface area contributed by atoms with E-state index < -0.39 is 0 Å². The molecule has 0 aliphatic carbocycles. The normalized spacial score (nSPS) is 10.9. The van der Waals surface area contributed by atoms with Crippen molar-refractivity contribution in [3.63, 3.8) is 0 Å². The van der Waals surface area contributed by atoms with Crippen molar-refractivity contribution in [3.8, 4) is 17.2 Å². The molecular formula is C31H29BrN2O4. The summed E-state index contributed by atoms with van der Waals surface area (Å²) in [5, 5.41) is 6.13. The third kappa shape index (κ3) is 6.61. The SMILES string of the molecule is C=CCc1cc(/C=N\NC(=O)c2cc3ccccc3cc2OC)cc(OCC)c1OCc1ccc(Br)cc1. The average Bonchev–Trinajstić information content (AvgIpc) is 2.93. The quantitative estimate of drug-likeness (QED) is 0.118. The molecule has 0 aliphatic rings. The molecule has 0 radical (unpaired) electrons. The molecule has 194 valence electrons. The van der Waals surface area contributed by atoms with Crippen LogP contribution in [0.5, 0.6) is 17.2 Å². The van der Waals surface area contributed by atoms with Crippen LogP contribution in [0.25, 0.3) is 10.8 Å². The number of amides is 1. The fourth-order valence-electron chi connectivity index (χ4n) is 4.02. The van der Waals surface area contributed by atoms with Crippen LogP contribution in [-0.4, -0.2) is 25.8 Å². The number of rotatable bonds is 11. The van der Waals surface area contributed by atoms with Crippen LogP contribution in [0.15, 0.2) is 95.0 Å². The maximum Gasteiger partial charge on any atom is 0.275 e. The van der Waals surface area contributed by atoms with Gasteiger partial charge in [0, 0.05) is 10.0 Å². The molecular weight excluding hydrogens is 544 g/mol. The minimum Gasteiger partial charge on any atom is -0.496 e. The lowest BCUT2D eigenvalue weighted by molar-refractivity contribution is 0.0952. The van der Waals surface area contributed by atoms with Gasteiger partial charge in [-0.25, -0.2) is 5.43 Å². The second kappa shape index (κ2) is 12.9. The maximum atomic E-state index is 12.9. The molecule has 4 aromatic rings. The average molecular weight is 573 g/mol. The molecule has 38 heavy (non-hydrogen) atoms. The molecule has 0 saturated carbocycles. The second-order valence-electron chi connectivity index (χ2n) is 8.45. The molecule has 0 saturated heterocycles. The van der Waals surface area contributed by atoms with Crippen LogP contribution in [0.2, 0.25) is 0 Å². The van der Waals surface area contributed by atoms with E-state index in [0.717, 1.165) is 31.9 Å². The highest BCUT2D eigenvalue weighted by Crippen LogP contribution is 2.34. The largest absolute Gasteiger partial charge is 0.496 e. The second-order valence-corrected chi connectivity index (χ2v) is 9.36. The van der Waals surface area contributed by atoms with E-state index >= 15 is 0 Å². The maximum absolute atomic E-state index is 12.9. The van der Waals surface area contributed by atoms with Crippen LogP contribution in [-0.2, 0) is 13.0 Å². The lowest BCUT2D eigenvalue weighted by Gasteiger charge is -2.17. The summed E-state index contributed by atoms with van der Waals surface area (Å²) in [4.78, 5) is 12.9. The molecule has 1 N–H and O–H groups in total. The van der Waals surface area contributed by atoms with Gasteiger partial charge in [-0.2, -0.15) is 5.10 Å². The zero-order valence-corrected chi connectivity index (χ0v) is 23.0. The monoisotopic (exact) mass is 572 g/mol. The van der Waals surface area contributed by atoms with E-state index in [2.05, 4.69) is 33.0 Å². The van der Waals surface area contributed by atoms with Gasteiger partial charge in [0.05, 0.1) is 25.5 Å². The molecule has 1 amide bonds. The van der Waals surface area contributed by atoms with E-state index in [-0.39, 0.29) is 5.91 Å². The van der Waals surface area contributed by atoms with E-state index in [1.54, 1.807) is 19.4 Å². The van der Waals surface area contributed by atoms with Gasteiger partial charge in [-0.1, -0.05) is 58.4 Å². The van der Waals surface area contributed by atoms with Crippen LogP contribution in [0.1, 0.15) is 34.0 Å². The van der Waals surface area contributed by atoms with Crippen molar-refractivity contribution < 1.29 is 19.0 Å². The Morgan fingerprint density at radius 1 is 1.00 bits per heavy atom. The molecule has 6 nitrogen and oxygen atoms in total. The third-order valence-corrected chi connectivity index (χ3v) is 6.34. The Labute approximate surface area is 231 Å². The summed E-state index contributed by atoms with van der Waals surface area (Å²) in [6.07, 6.45) is 3.98. The summed E-state index contributed by atoms with van der Waals surface area (Å²) in [5.74, 6) is 1.38. The van der Waals surface area contributed by atoms with Crippen molar-refractivity contribution in [1.29, 1.82) is 0 Å². The number of benzene rings is 4. The first-order valence-corrected chi connectivity index (χ1v) is 13.0. The number of carbonyl (C=O) groups is 1. The van der Waals surface area contributed by atoms with Gasteiger partial charge in [-0.3, -0.25) is 4.79 Å². The summed E-state index contributed by atoms with van der Waals surface area (Å²) in [6, 6.07) is 23.2. The van der Waals surface area contributed by atoms with Crippen molar-refractivity contribution in [2.24, 2.45) is 5.10 Å². The number of ether oxygens (including phenoxy) is 3. The zero-order valence-electron chi connectivity index (χ0n) is 21.4. The smallest absolute Gasteiger partial charge is 0.275 e.